The van der Waals surface area contributed by atoms with Gasteiger partial charge in [0, 0.05) is 18.1 Å². The van der Waals surface area contributed by atoms with Gasteiger partial charge in [-0.25, -0.2) is 0 Å². The zero-order valence-electron chi connectivity index (χ0n) is 16.4. The molecular weight excluding hydrogens is 360 g/mol. The topological polar surface area (TPSA) is 49.4 Å². The summed E-state index contributed by atoms with van der Waals surface area (Å²) in [5, 5.41) is 3.45. The summed E-state index contributed by atoms with van der Waals surface area (Å²) in [6.07, 6.45) is 0.269. The number of hydrogen-bond acceptors (Lipinski definition) is 2. The van der Waals surface area contributed by atoms with Crippen molar-refractivity contribution < 1.29 is 9.59 Å². The third kappa shape index (κ3) is 5.83. The summed E-state index contributed by atoms with van der Waals surface area (Å²) >= 11 is 5.96. The van der Waals surface area contributed by atoms with Crippen molar-refractivity contribution in [1.82, 2.24) is 10.2 Å². The maximum atomic E-state index is 13.1. The van der Waals surface area contributed by atoms with E-state index in [-0.39, 0.29) is 18.2 Å². The van der Waals surface area contributed by atoms with E-state index in [1.165, 1.54) is 0 Å². The number of carbonyl (C=O) groups excluding carboxylic acids is 2. The summed E-state index contributed by atoms with van der Waals surface area (Å²) in [6, 6.07) is 12.9. The van der Waals surface area contributed by atoms with Gasteiger partial charge in [-0.1, -0.05) is 47.5 Å². The highest BCUT2D eigenvalue weighted by molar-refractivity contribution is 6.30. The Morgan fingerprint density at radius 3 is 2.41 bits per heavy atom. The second-order valence-corrected chi connectivity index (χ2v) is 7.26. The second kappa shape index (κ2) is 9.56. The molecule has 2 aromatic rings. The number of hydrogen-bond donors (Lipinski definition) is 1. The Hall–Kier alpha value is -2.33. The molecule has 0 aliphatic heterocycles. The van der Waals surface area contributed by atoms with E-state index in [4.69, 9.17) is 11.6 Å². The SMILES string of the molecule is CCNC(=O)[C@@H](C)N(Cc1ccc(Cl)cc1)C(=O)Cc1cc(C)ccc1C. The molecule has 27 heavy (non-hydrogen) atoms. The van der Waals surface area contributed by atoms with Crippen LogP contribution in [0.4, 0.5) is 0 Å². The van der Waals surface area contributed by atoms with E-state index in [1.54, 1.807) is 24.0 Å². The fourth-order valence-corrected chi connectivity index (χ4v) is 3.07. The molecular formula is C22H27ClN2O2. The van der Waals surface area contributed by atoms with Crippen LogP contribution in [-0.4, -0.2) is 29.3 Å². The number of aryl methyl sites for hydroxylation is 2. The van der Waals surface area contributed by atoms with Gasteiger partial charge in [0.05, 0.1) is 6.42 Å². The largest absolute Gasteiger partial charge is 0.355 e. The fraction of sp³-hybridized carbons (Fsp3) is 0.364. The third-order valence-corrected chi connectivity index (χ3v) is 4.88. The Morgan fingerprint density at radius 2 is 1.78 bits per heavy atom. The lowest BCUT2D eigenvalue weighted by atomic mass is 10.0. The molecule has 1 N–H and O–H groups in total. The standard InChI is InChI=1S/C22H27ClN2O2/c1-5-24-22(27)17(4)25(14-18-8-10-20(23)11-9-18)21(26)13-19-12-15(2)6-7-16(19)3/h6-12,17H,5,13-14H2,1-4H3,(H,24,27)/t17-/m1/s1. The van der Waals surface area contributed by atoms with E-state index < -0.39 is 6.04 Å². The smallest absolute Gasteiger partial charge is 0.242 e. The van der Waals surface area contributed by atoms with Crippen LogP contribution < -0.4 is 5.32 Å². The maximum Gasteiger partial charge on any atom is 0.242 e. The Kier molecular flexibility index (Phi) is 7.43. The molecule has 2 amide bonds. The van der Waals surface area contributed by atoms with Gasteiger partial charge in [-0.2, -0.15) is 0 Å². The zero-order chi connectivity index (χ0) is 20.0. The molecule has 0 aliphatic rings. The Labute approximate surface area is 166 Å². The zero-order valence-corrected chi connectivity index (χ0v) is 17.1. The van der Waals surface area contributed by atoms with Crippen LogP contribution in [-0.2, 0) is 22.6 Å². The monoisotopic (exact) mass is 386 g/mol. The molecule has 144 valence electrons. The van der Waals surface area contributed by atoms with Gasteiger partial charge < -0.3 is 10.2 Å². The number of amides is 2. The molecule has 0 aromatic heterocycles. The molecule has 2 aromatic carbocycles. The molecule has 0 spiro atoms. The molecule has 0 fully saturated rings. The number of nitrogens with zero attached hydrogens (tertiary/aromatic N) is 1. The van der Waals surface area contributed by atoms with Gasteiger partial charge in [0.2, 0.25) is 11.8 Å². The molecule has 0 radical (unpaired) electrons. The highest BCUT2D eigenvalue weighted by Crippen LogP contribution is 2.17. The van der Waals surface area contributed by atoms with Crippen molar-refractivity contribution in [2.24, 2.45) is 0 Å². The van der Waals surface area contributed by atoms with Crippen molar-refractivity contribution in [3.05, 3.63) is 69.7 Å². The van der Waals surface area contributed by atoms with Gasteiger partial charge in [0.25, 0.3) is 0 Å². The van der Waals surface area contributed by atoms with E-state index in [1.807, 2.05) is 51.1 Å². The first-order valence-corrected chi connectivity index (χ1v) is 9.57. The molecule has 0 bridgehead atoms. The van der Waals surface area contributed by atoms with E-state index in [9.17, 15) is 9.59 Å². The van der Waals surface area contributed by atoms with Gasteiger partial charge in [0.1, 0.15) is 6.04 Å². The lowest BCUT2D eigenvalue weighted by Gasteiger charge is -2.29. The van der Waals surface area contributed by atoms with Crippen molar-refractivity contribution in [3.8, 4) is 0 Å². The summed E-state index contributed by atoms with van der Waals surface area (Å²) in [6.45, 7) is 8.53. The highest BCUT2D eigenvalue weighted by Gasteiger charge is 2.26. The molecule has 0 saturated heterocycles. The Balaban J connectivity index is 2.26. The number of benzene rings is 2. The molecule has 0 unspecified atom stereocenters. The first-order valence-electron chi connectivity index (χ1n) is 9.19. The molecule has 0 aliphatic carbocycles. The molecule has 5 heteroatoms. The Bertz CT molecular complexity index is 802. The van der Waals surface area contributed by atoms with Crippen LogP contribution in [0.15, 0.2) is 42.5 Å². The van der Waals surface area contributed by atoms with Crippen LogP contribution >= 0.6 is 11.6 Å². The minimum Gasteiger partial charge on any atom is -0.355 e. The average molecular weight is 387 g/mol. The summed E-state index contributed by atoms with van der Waals surface area (Å²) in [5.74, 6) is -0.224. The van der Waals surface area contributed by atoms with Crippen molar-refractivity contribution in [2.45, 2.75) is 46.7 Å². The van der Waals surface area contributed by atoms with E-state index in [0.717, 1.165) is 22.3 Å². The molecule has 2 rings (SSSR count). The lowest BCUT2D eigenvalue weighted by Crippen LogP contribution is -2.48. The number of halogens is 1. The minimum absolute atomic E-state index is 0.0718. The van der Waals surface area contributed by atoms with Gasteiger partial charge in [-0.3, -0.25) is 9.59 Å². The molecule has 4 nitrogen and oxygen atoms in total. The summed E-state index contributed by atoms with van der Waals surface area (Å²) in [5.41, 5.74) is 4.12. The molecule has 0 heterocycles. The van der Waals surface area contributed by atoms with Gasteiger partial charge in [-0.05, 0) is 56.5 Å². The van der Waals surface area contributed by atoms with E-state index in [2.05, 4.69) is 5.32 Å². The minimum atomic E-state index is -0.557. The molecule has 0 saturated carbocycles. The van der Waals surface area contributed by atoms with Crippen molar-refractivity contribution in [3.63, 3.8) is 0 Å². The first-order chi connectivity index (χ1) is 12.8. The van der Waals surface area contributed by atoms with Crippen LogP contribution in [0.3, 0.4) is 0 Å². The lowest BCUT2D eigenvalue weighted by molar-refractivity contribution is -0.140. The molecule has 1 atom stereocenters. The predicted octanol–water partition coefficient (Wildman–Crippen LogP) is 4.05. The maximum absolute atomic E-state index is 13.1. The predicted molar refractivity (Wildman–Crippen MR) is 110 cm³/mol. The van der Waals surface area contributed by atoms with Crippen LogP contribution in [0.5, 0.6) is 0 Å². The van der Waals surface area contributed by atoms with E-state index >= 15 is 0 Å². The van der Waals surface area contributed by atoms with Crippen LogP contribution in [0.2, 0.25) is 5.02 Å². The van der Waals surface area contributed by atoms with Gasteiger partial charge >= 0.3 is 0 Å². The number of rotatable bonds is 7. The highest BCUT2D eigenvalue weighted by atomic mass is 35.5. The quantitative estimate of drug-likeness (QED) is 0.780. The van der Waals surface area contributed by atoms with Crippen LogP contribution in [0.1, 0.15) is 36.1 Å². The van der Waals surface area contributed by atoms with Gasteiger partial charge in [-0.15, -0.1) is 0 Å². The number of likely N-dealkylation sites (N-methyl/N-ethyl adjacent to an activating group) is 1. The normalized spacial score (nSPS) is 11.7. The second-order valence-electron chi connectivity index (χ2n) is 6.83. The van der Waals surface area contributed by atoms with Crippen LogP contribution in [0, 0.1) is 13.8 Å². The van der Waals surface area contributed by atoms with Crippen molar-refractivity contribution in [2.75, 3.05) is 6.54 Å². The Morgan fingerprint density at radius 1 is 1.11 bits per heavy atom. The first kappa shape index (κ1) is 21.0. The summed E-state index contributed by atoms with van der Waals surface area (Å²) in [4.78, 5) is 27.1. The average Bonchev–Trinajstić information content (AvgIpc) is 2.63. The summed E-state index contributed by atoms with van der Waals surface area (Å²) < 4.78 is 0. The van der Waals surface area contributed by atoms with Crippen molar-refractivity contribution in [1.29, 1.82) is 0 Å². The van der Waals surface area contributed by atoms with Crippen molar-refractivity contribution >= 4 is 23.4 Å². The summed E-state index contributed by atoms with van der Waals surface area (Å²) in [7, 11) is 0. The van der Waals surface area contributed by atoms with Crippen LogP contribution in [0.25, 0.3) is 0 Å². The number of carbonyl (C=O) groups is 2. The van der Waals surface area contributed by atoms with E-state index in [0.29, 0.717) is 18.1 Å². The third-order valence-electron chi connectivity index (χ3n) is 4.63. The number of nitrogens with one attached hydrogen (secondary N) is 1. The van der Waals surface area contributed by atoms with Gasteiger partial charge in [0.15, 0.2) is 0 Å². The fourth-order valence-electron chi connectivity index (χ4n) is 2.95.